The highest BCUT2D eigenvalue weighted by Crippen LogP contribution is 2.20. The van der Waals surface area contributed by atoms with Gasteiger partial charge in [-0.05, 0) is 44.8 Å². The monoisotopic (exact) mass is 264 g/mol. The number of urea groups is 1. The van der Waals surface area contributed by atoms with Crippen LogP contribution >= 0.6 is 0 Å². The van der Waals surface area contributed by atoms with Gasteiger partial charge in [-0.25, -0.2) is 10.2 Å². The number of carbonyl (C=O) groups excluding carboxylic acids is 1. The molecule has 0 unspecified atom stereocenters. The number of nitrogens with zero attached hydrogens (tertiary/aromatic N) is 2. The van der Waals surface area contributed by atoms with Crippen LogP contribution in [-0.2, 0) is 6.54 Å². The molecule has 3 N–H and O–H groups in total. The highest BCUT2D eigenvalue weighted by molar-refractivity contribution is 5.82. The first kappa shape index (κ1) is 15.0. The fourth-order valence-electron chi connectivity index (χ4n) is 1.61. The van der Waals surface area contributed by atoms with E-state index in [1.54, 1.807) is 6.21 Å². The van der Waals surface area contributed by atoms with Gasteiger partial charge in [-0.2, -0.15) is 5.10 Å². The fraction of sp³-hybridized carbons (Fsp3) is 0.385. The number of hydrazone groups is 1. The largest absolute Gasteiger partial charge is 0.494 e. The molecule has 0 spiro atoms. The molecule has 1 aromatic rings. The second kappa shape index (κ2) is 7.38. The van der Waals surface area contributed by atoms with E-state index in [2.05, 4.69) is 15.4 Å². The van der Waals surface area contributed by atoms with Crippen LogP contribution in [0.3, 0.4) is 0 Å². The topological polar surface area (TPSA) is 80.0 Å². The summed E-state index contributed by atoms with van der Waals surface area (Å²) in [7, 11) is 3.98. The number of hydrogen-bond donors (Lipinski definition) is 2. The van der Waals surface area contributed by atoms with Crippen molar-refractivity contribution in [3.05, 3.63) is 29.3 Å². The van der Waals surface area contributed by atoms with Crippen molar-refractivity contribution in [2.24, 2.45) is 10.8 Å². The second-order valence-electron chi connectivity index (χ2n) is 4.27. The average Bonchev–Trinajstić information content (AvgIpc) is 2.31. The van der Waals surface area contributed by atoms with Gasteiger partial charge >= 0.3 is 6.03 Å². The zero-order valence-electron chi connectivity index (χ0n) is 11.5. The Kier molecular flexibility index (Phi) is 5.81. The number of amides is 2. The van der Waals surface area contributed by atoms with Crippen molar-refractivity contribution in [3.63, 3.8) is 0 Å². The van der Waals surface area contributed by atoms with Crippen molar-refractivity contribution in [1.82, 2.24) is 10.3 Å². The van der Waals surface area contributed by atoms with Gasteiger partial charge in [0.05, 0.1) is 12.8 Å². The summed E-state index contributed by atoms with van der Waals surface area (Å²) < 4.78 is 5.57. The average molecular weight is 264 g/mol. The maximum atomic E-state index is 10.5. The molecule has 104 valence electrons. The lowest BCUT2D eigenvalue weighted by Crippen LogP contribution is -2.24. The van der Waals surface area contributed by atoms with Crippen molar-refractivity contribution in [1.29, 1.82) is 0 Å². The Morgan fingerprint density at radius 1 is 1.53 bits per heavy atom. The van der Waals surface area contributed by atoms with Crippen molar-refractivity contribution in [2.45, 2.75) is 13.5 Å². The number of carbonyl (C=O) groups is 1. The van der Waals surface area contributed by atoms with E-state index in [0.717, 1.165) is 23.4 Å². The number of ether oxygens (including phenoxy) is 1. The van der Waals surface area contributed by atoms with Gasteiger partial charge in [-0.15, -0.1) is 0 Å². The fourth-order valence-corrected chi connectivity index (χ4v) is 1.61. The summed E-state index contributed by atoms with van der Waals surface area (Å²) in [5.74, 6) is 0.858. The first-order valence-corrected chi connectivity index (χ1v) is 6.02. The van der Waals surface area contributed by atoms with Gasteiger partial charge in [0, 0.05) is 12.1 Å². The first-order valence-electron chi connectivity index (χ1n) is 6.02. The van der Waals surface area contributed by atoms with Crippen LogP contribution in [0.2, 0.25) is 0 Å². The third-order valence-corrected chi connectivity index (χ3v) is 2.26. The van der Waals surface area contributed by atoms with E-state index in [1.165, 1.54) is 0 Å². The molecule has 0 aliphatic heterocycles. The molecule has 19 heavy (non-hydrogen) atoms. The molecule has 6 nitrogen and oxygen atoms in total. The standard InChI is InChI=1S/C13H20N4O2/c1-4-19-12-6-5-10(8-15-16-13(14)18)7-11(12)9-17(2)3/h5-8H,4,9H2,1-3H3,(H3,14,16,18). The van der Waals surface area contributed by atoms with E-state index in [1.807, 2.05) is 39.2 Å². The van der Waals surface area contributed by atoms with Gasteiger partial charge in [0.15, 0.2) is 0 Å². The van der Waals surface area contributed by atoms with E-state index in [-0.39, 0.29) is 0 Å². The van der Waals surface area contributed by atoms with Crippen LogP contribution in [0.25, 0.3) is 0 Å². The molecule has 0 aliphatic carbocycles. The minimum Gasteiger partial charge on any atom is -0.494 e. The van der Waals surface area contributed by atoms with Crippen LogP contribution < -0.4 is 15.9 Å². The molecule has 0 fully saturated rings. The zero-order chi connectivity index (χ0) is 14.3. The van der Waals surface area contributed by atoms with Crippen LogP contribution in [0.1, 0.15) is 18.1 Å². The van der Waals surface area contributed by atoms with Crippen molar-refractivity contribution >= 4 is 12.2 Å². The van der Waals surface area contributed by atoms with Gasteiger partial charge < -0.3 is 15.4 Å². The molecule has 1 rings (SSSR count). The van der Waals surface area contributed by atoms with Gasteiger partial charge in [0.2, 0.25) is 0 Å². The van der Waals surface area contributed by atoms with Crippen molar-refractivity contribution in [3.8, 4) is 5.75 Å². The van der Waals surface area contributed by atoms with Gasteiger partial charge in [-0.1, -0.05) is 0 Å². The lowest BCUT2D eigenvalue weighted by atomic mass is 10.1. The van der Waals surface area contributed by atoms with E-state index < -0.39 is 6.03 Å². The molecule has 0 heterocycles. The number of nitrogens with two attached hydrogens (primary N) is 1. The maximum absolute atomic E-state index is 10.5. The minimum absolute atomic E-state index is 0.622. The lowest BCUT2D eigenvalue weighted by molar-refractivity contribution is 0.249. The van der Waals surface area contributed by atoms with E-state index >= 15 is 0 Å². The van der Waals surface area contributed by atoms with Gasteiger partial charge in [0.25, 0.3) is 0 Å². The maximum Gasteiger partial charge on any atom is 0.332 e. The Balaban J connectivity index is 2.90. The molecular formula is C13H20N4O2. The summed E-state index contributed by atoms with van der Waals surface area (Å²) in [5.41, 5.74) is 9.02. The summed E-state index contributed by atoms with van der Waals surface area (Å²) in [4.78, 5) is 12.6. The second-order valence-corrected chi connectivity index (χ2v) is 4.27. The van der Waals surface area contributed by atoms with Crippen LogP contribution in [0.15, 0.2) is 23.3 Å². The van der Waals surface area contributed by atoms with Crippen LogP contribution in [0.4, 0.5) is 4.79 Å². The van der Waals surface area contributed by atoms with Crippen LogP contribution in [-0.4, -0.2) is 37.8 Å². The van der Waals surface area contributed by atoms with Gasteiger partial charge in [-0.3, -0.25) is 0 Å². The normalized spacial score (nSPS) is 10.9. The van der Waals surface area contributed by atoms with E-state index in [0.29, 0.717) is 6.61 Å². The molecule has 0 saturated heterocycles. The molecule has 0 aromatic heterocycles. The number of primary amides is 1. The van der Waals surface area contributed by atoms with Crippen LogP contribution in [0.5, 0.6) is 5.75 Å². The van der Waals surface area contributed by atoms with E-state index in [9.17, 15) is 4.79 Å². The zero-order valence-corrected chi connectivity index (χ0v) is 11.5. The summed E-state index contributed by atoms with van der Waals surface area (Å²) in [5, 5.41) is 3.73. The molecule has 0 saturated carbocycles. The quantitative estimate of drug-likeness (QED) is 0.597. The molecule has 6 heteroatoms. The Hall–Kier alpha value is -2.08. The molecule has 1 aromatic carbocycles. The van der Waals surface area contributed by atoms with Gasteiger partial charge in [0.1, 0.15) is 5.75 Å². The number of hydrogen-bond acceptors (Lipinski definition) is 4. The first-order chi connectivity index (χ1) is 9.02. The molecule has 0 aliphatic rings. The third kappa shape index (κ3) is 5.39. The summed E-state index contributed by atoms with van der Waals surface area (Å²) in [6, 6.07) is 5.05. The number of nitrogens with one attached hydrogen (secondary N) is 1. The molecule has 2 amide bonds. The Bertz CT molecular complexity index is 458. The molecule has 0 atom stereocenters. The van der Waals surface area contributed by atoms with Crippen molar-refractivity contribution in [2.75, 3.05) is 20.7 Å². The molecular weight excluding hydrogens is 244 g/mol. The molecule has 0 bridgehead atoms. The summed E-state index contributed by atoms with van der Waals surface area (Å²) in [6.45, 7) is 3.34. The van der Waals surface area contributed by atoms with Crippen LogP contribution in [0, 0.1) is 0 Å². The Morgan fingerprint density at radius 3 is 2.84 bits per heavy atom. The van der Waals surface area contributed by atoms with E-state index in [4.69, 9.17) is 10.5 Å². The Morgan fingerprint density at radius 2 is 2.26 bits per heavy atom. The SMILES string of the molecule is CCOc1ccc(C=NNC(N)=O)cc1CN(C)C. The lowest BCUT2D eigenvalue weighted by Gasteiger charge is -2.15. The Labute approximate surface area is 113 Å². The highest BCUT2D eigenvalue weighted by Gasteiger charge is 2.05. The molecule has 0 radical (unpaired) electrons. The third-order valence-electron chi connectivity index (χ3n) is 2.26. The number of benzene rings is 1. The predicted octanol–water partition coefficient (Wildman–Crippen LogP) is 1.15. The summed E-state index contributed by atoms with van der Waals surface area (Å²) in [6.07, 6.45) is 1.54. The smallest absolute Gasteiger partial charge is 0.332 e. The number of rotatable bonds is 6. The summed E-state index contributed by atoms with van der Waals surface area (Å²) >= 11 is 0. The highest BCUT2D eigenvalue weighted by atomic mass is 16.5. The van der Waals surface area contributed by atoms with Crippen molar-refractivity contribution < 1.29 is 9.53 Å². The minimum atomic E-state index is -0.685. The predicted molar refractivity (Wildman–Crippen MR) is 75.3 cm³/mol.